The summed E-state index contributed by atoms with van der Waals surface area (Å²) in [5, 5.41) is 12.5. The highest BCUT2D eigenvalue weighted by Gasteiger charge is 2.15. The molecule has 2 rings (SSSR count). The maximum Gasteiger partial charge on any atom is 0.327 e. The van der Waals surface area contributed by atoms with Crippen LogP contribution < -0.4 is 0 Å². The van der Waals surface area contributed by atoms with Crippen molar-refractivity contribution < 1.29 is 9.53 Å². The van der Waals surface area contributed by atoms with E-state index in [0.717, 1.165) is 10.6 Å². The zero-order chi connectivity index (χ0) is 15.5. The van der Waals surface area contributed by atoms with Crippen LogP contribution in [0.2, 0.25) is 0 Å². The van der Waals surface area contributed by atoms with Gasteiger partial charge in [0.05, 0.1) is 7.11 Å². The summed E-state index contributed by atoms with van der Waals surface area (Å²) in [5.41, 5.74) is 1.21. The Kier molecular flexibility index (Phi) is 4.56. The summed E-state index contributed by atoms with van der Waals surface area (Å²) in [6.45, 7) is 6.38. The van der Waals surface area contributed by atoms with E-state index in [-0.39, 0.29) is 12.0 Å². The Hall–Kier alpha value is -1.96. The molecule has 0 fully saturated rings. The lowest BCUT2D eigenvalue weighted by Gasteiger charge is -2.18. The maximum absolute atomic E-state index is 11.3. The quantitative estimate of drug-likeness (QED) is 0.795. The van der Waals surface area contributed by atoms with Crippen molar-refractivity contribution in [3.05, 3.63) is 23.9 Å². The summed E-state index contributed by atoms with van der Waals surface area (Å²) < 4.78 is 5.99. The molecule has 0 N–H and O–H groups in total. The van der Waals surface area contributed by atoms with E-state index in [0.29, 0.717) is 5.16 Å². The molecule has 112 valence electrons. The molecule has 21 heavy (non-hydrogen) atoms. The van der Waals surface area contributed by atoms with E-state index in [1.54, 1.807) is 0 Å². The topological polar surface area (TPSA) is 82.8 Å². The molecule has 0 spiro atoms. The second kappa shape index (κ2) is 6.21. The largest absolute Gasteiger partial charge is 0.468 e. The van der Waals surface area contributed by atoms with Crippen molar-refractivity contribution in [3.8, 4) is 0 Å². The Morgan fingerprint density at radius 2 is 2.14 bits per heavy atom. The number of carbonyl (C=O) groups excluding carboxylic acids is 1. The van der Waals surface area contributed by atoms with Crippen LogP contribution in [0.25, 0.3) is 0 Å². The molecule has 0 unspecified atom stereocenters. The Morgan fingerprint density at radius 1 is 1.38 bits per heavy atom. The zero-order valence-electron chi connectivity index (χ0n) is 12.4. The van der Waals surface area contributed by atoms with Gasteiger partial charge in [0.15, 0.2) is 0 Å². The smallest absolute Gasteiger partial charge is 0.327 e. The van der Waals surface area contributed by atoms with Crippen LogP contribution in [0.15, 0.2) is 28.5 Å². The Labute approximate surface area is 127 Å². The molecule has 0 bridgehead atoms. The molecule has 0 saturated carbocycles. The average molecular weight is 307 g/mol. The van der Waals surface area contributed by atoms with E-state index < -0.39 is 5.97 Å². The molecular weight excluding hydrogens is 290 g/mol. The minimum absolute atomic E-state index is 0.0219. The second-order valence-corrected chi connectivity index (χ2v) is 6.42. The van der Waals surface area contributed by atoms with Crippen LogP contribution in [-0.2, 0) is 21.5 Å². The molecule has 2 aromatic heterocycles. The van der Waals surface area contributed by atoms with Crippen LogP contribution >= 0.6 is 11.8 Å². The van der Waals surface area contributed by atoms with Gasteiger partial charge in [-0.15, -0.1) is 5.10 Å². The molecule has 8 heteroatoms. The summed E-state index contributed by atoms with van der Waals surface area (Å²) in [6.07, 6.45) is 1.84. The van der Waals surface area contributed by atoms with E-state index >= 15 is 0 Å². The van der Waals surface area contributed by atoms with Gasteiger partial charge in [-0.1, -0.05) is 26.8 Å². The van der Waals surface area contributed by atoms with Crippen LogP contribution in [0.5, 0.6) is 0 Å². The number of hydrogen-bond acceptors (Lipinski definition) is 7. The van der Waals surface area contributed by atoms with Crippen molar-refractivity contribution in [2.75, 3.05) is 7.11 Å². The van der Waals surface area contributed by atoms with Crippen LogP contribution in [0, 0.1) is 0 Å². The van der Waals surface area contributed by atoms with Gasteiger partial charge < -0.3 is 4.74 Å². The van der Waals surface area contributed by atoms with Gasteiger partial charge in [0.25, 0.3) is 0 Å². The van der Waals surface area contributed by atoms with Crippen molar-refractivity contribution in [1.82, 2.24) is 25.2 Å². The van der Waals surface area contributed by atoms with Crippen LogP contribution in [0.3, 0.4) is 0 Å². The molecular formula is C13H17N5O2S. The molecule has 0 aliphatic rings. The van der Waals surface area contributed by atoms with E-state index in [1.165, 1.54) is 23.6 Å². The number of nitrogens with zero attached hydrogens (tertiary/aromatic N) is 5. The van der Waals surface area contributed by atoms with Crippen LogP contribution in [-0.4, -0.2) is 38.3 Å². The average Bonchev–Trinajstić information content (AvgIpc) is 2.85. The highest BCUT2D eigenvalue weighted by Crippen LogP contribution is 2.26. The lowest BCUT2D eigenvalue weighted by atomic mass is 9.88. The maximum atomic E-state index is 11.3. The molecule has 7 nitrogen and oxygen atoms in total. The molecule has 0 amide bonds. The first kappa shape index (κ1) is 15.4. The minimum atomic E-state index is -0.403. The fraction of sp³-hybridized carbons (Fsp3) is 0.462. The van der Waals surface area contributed by atoms with Gasteiger partial charge in [0, 0.05) is 6.20 Å². The first-order valence-electron chi connectivity index (χ1n) is 6.37. The standard InChI is InChI=1S/C13H17N5O2S/c1-13(2,3)9-5-6-10(14-7-9)21-12-15-16-17-18(12)8-11(19)20-4/h5-7H,8H2,1-4H3. The van der Waals surface area contributed by atoms with Gasteiger partial charge in [-0.3, -0.25) is 4.79 Å². The first-order valence-corrected chi connectivity index (χ1v) is 7.19. The number of methoxy groups -OCH3 is 1. The minimum Gasteiger partial charge on any atom is -0.468 e. The highest BCUT2D eigenvalue weighted by molar-refractivity contribution is 7.99. The predicted octanol–water partition coefficient (Wildman–Crippen LogP) is 1.69. The lowest BCUT2D eigenvalue weighted by Crippen LogP contribution is -2.14. The number of carbonyl (C=O) groups is 1. The monoisotopic (exact) mass is 307 g/mol. The van der Waals surface area contributed by atoms with E-state index in [4.69, 9.17) is 0 Å². The van der Waals surface area contributed by atoms with Gasteiger partial charge in [-0.2, -0.15) is 0 Å². The fourth-order valence-electron chi connectivity index (χ4n) is 1.53. The molecule has 0 saturated heterocycles. The summed E-state index contributed by atoms with van der Waals surface area (Å²) >= 11 is 1.30. The van der Waals surface area contributed by atoms with Crippen molar-refractivity contribution in [3.63, 3.8) is 0 Å². The number of hydrogen-bond donors (Lipinski definition) is 0. The lowest BCUT2D eigenvalue weighted by molar-refractivity contribution is -0.141. The van der Waals surface area contributed by atoms with Crippen LogP contribution in [0.1, 0.15) is 26.3 Å². The SMILES string of the molecule is COC(=O)Cn1nnnc1Sc1ccc(C(C)(C)C)cn1. The van der Waals surface area contributed by atoms with E-state index in [2.05, 4.69) is 46.0 Å². The Bertz CT molecular complexity index is 618. The Morgan fingerprint density at radius 3 is 2.71 bits per heavy atom. The first-order chi connectivity index (χ1) is 9.90. The summed E-state index contributed by atoms with van der Waals surface area (Å²) in [6, 6.07) is 3.95. The van der Waals surface area contributed by atoms with Gasteiger partial charge in [-0.25, -0.2) is 9.67 Å². The predicted molar refractivity (Wildman–Crippen MR) is 76.9 cm³/mol. The van der Waals surface area contributed by atoms with Gasteiger partial charge in [-0.05, 0) is 39.2 Å². The van der Waals surface area contributed by atoms with Crippen molar-refractivity contribution >= 4 is 17.7 Å². The number of esters is 1. The van der Waals surface area contributed by atoms with Gasteiger partial charge in [0.2, 0.25) is 5.16 Å². The number of aromatic nitrogens is 5. The second-order valence-electron chi connectivity index (χ2n) is 5.43. The van der Waals surface area contributed by atoms with Gasteiger partial charge in [0.1, 0.15) is 11.6 Å². The molecule has 0 aromatic carbocycles. The van der Waals surface area contributed by atoms with Crippen LogP contribution in [0.4, 0.5) is 0 Å². The third-order valence-corrected chi connectivity index (χ3v) is 3.73. The number of pyridine rings is 1. The molecule has 2 aromatic rings. The molecule has 0 aliphatic carbocycles. The molecule has 2 heterocycles. The molecule has 0 atom stereocenters. The van der Waals surface area contributed by atoms with Crippen molar-refractivity contribution in [2.45, 2.75) is 42.9 Å². The zero-order valence-corrected chi connectivity index (χ0v) is 13.2. The normalized spacial score (nSPS) is 11.4. The number of rotatable bonds is 4. The fourth-order valence-corrected chi connectivity index (χ4v) is 2.25. The highest BCUT2D eigenvalue weighted by atomic mass is 32.2. The van der Waals surface area contributed by atoms with E-state index in [9.17, 15) is 4.79 Å². The Balaban J connectivity index is 2.12. The van der Waals surface area contributed by atoms with E-state index in [1.807, 2.05) is 18.3 Å². The summed E-state index contributed by atoms with van der Waals surface area (Å²) in [7, 11) is 1.33. The number of ether oxygens (including phenoxy) is 1. The summed E-state index contributed by atoms with van der Waals surface area (Å²) in [5.74, 6) is -0.403. The molecule has 0 radical (unpaired) electrons. The van der Waals surface area contributed by atoms with Crippen molar-refractivity contribution in [1.29, 1.82) is 0 Å². The van der Waals surface area contributed by atoms with Gasteiger partial charge >= 0.3 is 5.97 Å². The third kappa shape index (κ3) is 4.01. The summed E-state index contributed by atoms with van der Waals surface area (Å²) in [4.78, 5) is 15.7. The molecule has 0 aliphatic heterocycles. The van der Waals surface area contributed by atoms with Crippen molar-refractivity contribution in [2.24, 2.45) is 0 Å². The number of tetrazole rings is 1. The third-order valence-electron chi connectivity index (χ3n) is 2.80.